The van der Waals surface area contributed by atoms with Crippen LogP contribution >= 0.6 is 0 Å². The summed E-state index contributed by atoms with van der Waals surface area (Å²) in [5, 5.41) is 14.7. The number of rotatable bonds is 8. The van der Waals surface area contributed by atoms with Crippen molar-refractivity contribution in [1.82, 2.24) is 25.1 Å². The SMILES string of the molecule is COc1ccc(CNC(=O)N2[C@H]3CN(Cc4cccc(C(F)(F)F)c4)C(=O)[C@H](CCC(=O)O)N3C(=O)CN2C)cc1. The van der Waals surface area contributed by atoms with Crippen LogP contribution in [0.4, 0.5) is 18.0 Å². The number of carboxylic acids is 1. The molecule has 2 atom stereocenters. The number of nitrogens with zero attached hydrogens (tertiary/aromatic N) is 4. The summed E-state index contributed by atoms with van der Waals surface area (Å²) in [6.45, 7) is -0.513. The van der Waals surface area contributed by atoms with E-state index in [2.05, 4.69) is 5.32 Å². The number of likely N-dealkylation sites (N-methyl/N-ethyl adjacent to an activating group) is 1. The van der Waals surface area contributed by atoms with Gasteiger partial charge in [-0.1, -0.05) is 24.3 Å². The Morgan fingerprint density at radius 3 is 2.44 bits per heavy atom. The van der Waals surface area contributed by atoms with Crippen molar-refractivity contribution in [3.8, 4) is 5.75 Å². The first-order valence-corrected chi connectivity index (χ1v) is 12.8. The second-order valence-electron chi connectivity index (χ2n) is 9.81. The third-order valence-corrected chi connectivity index (χ3v) is 7.01. The van der Waals surface area contributed by atoms with Gasteiger partial charge >= 0.3 is 18.2 Å². The lowest BCUT2D eigenvalue weighted by atomic mass is 10.0. The Morgan fingerprint density at radius 1 is 1.10 bits per heavy atom. The Morgan fingerprint density at radius 2 is 1.80 bits per heavy atom. The highest BCUT2D eigenvalue weighted by Crippen LogP contribution is 2.32. The van der Waals surface area contributed by atoms with Crippen molar-refractivity contribution in [1.29, 1.82) is 0 Å². The second-order valence-corrected chi connectivity index (χ2v) is 9.81. The van der Waals surface area contributed by atoms with Crippen molar-refractivity contribution in [2.24, 2.45) is 0 Å². The molecule has 0 unspecified atom stereocenters. The van der Waals surface area contributed by atoms with E-state index in [9.17, 15) is 37.5 Å². The van der Waals surface area contributed by atoms with Crippen LogP contribution in [0.5, 0.6) is 5.75 Å². The van der Waals surface area contributed by atoms with E-state index < -0.39 is 54.2 Å². The average molecular weight is 578 g/mol. The van der Waals surface area contributed by atoms with Crippen molar-refractivity contribution in [2.75, 3.05) is 27.2 Å². The average Bonchev–Trinajstić information content (AvgIpc) is 2.92. The number of hydrogen-bond donors (Lipinski definition) is 2. The first-order chi connectivity index (χ1) is 19.4. The molecule has 0 radical (unpaired) electrons. The molecule has 0 aromatic heterocycles. The summed E-state index contributed by atoms with van der Waals surface area (Å²) in [5.41, 5.74) is 0.0938. The van der Waals surface area contributed by atoms with Gasteiger partial charge in [0.2, 0.25) is 11.8 Å². The number of alkyl halides is 3. The number of aliphatic carboxylic acids is 1. The Hall–Kier alpha value is -4.33. The Kier molecular flexibility index (Phi) is 8.71. The summed E-state index contributed by atoms with van der Waals surface area (Å²) in [4.78, 5) is 53.9. The van der Waals surface area contributed by atoms with Crippen molar-refractivity contribution >= 4 is 23.8 Å². The number of carbonyl (C=O) groups excluding carboxylic acids is 3. The molecule has 0 spiro atoms. The zero-order valence-corrected chi connectivity index (χ0v) is 22.4. The summed E-state index contributed by atoms with van der Waals surface area (Å²) in [7, 11) is 3.06. The molecular formula is C27H30F3N5O6. The molecule has 4 amide bonds. The van der Waals surface area contributed by atoms with Crippen LogP contribution in [0.1, 0.15) is 29.5 Å². The molecule has 2 heterocycles. The van der Waals surface area contributed by atoms with E-state index in [0.29, 0.717) is 5.75 Å². The number of ether oxygens (including phenoxy) is 1. The summed E-state index contributed by atoms with van der Waals surface area (Å²) in [6.07, 6.45) is -6.25. The first-order valence-electron chi connectivity index (χ1n) is 12.8. The zero-order valence-electron chi connectivity index (χ0n) is 22.4. The van der Waals surface area contributed by atoms with E-state index in [1.165, 1.54) is 46.1 Å². The number of nitrogens with one attached hydrogen (secondary N) is 1. The van der Waals surface area contributed by atoms with Crippen LogP contribution in [0.25, 0.3) is 0 Å². The largest absolute Gasteiger partial charge is 0.497 e. The summed E-state index contributed by atoms with van der Waals surface area (Å²) in [6, 6.07) is 9.76. The maximum Gasteiger partial charge on any atom is 0.416 e. The highest BCUT2D eigenvalue weighted by Gasteiger charge is 2.50. The predicted octanol–water partition coefficient (Wildman–Crippen LogP) is 2.52. The van der Waals surface area contributed by atoms with Crippen molar-refractivity contribution in [3.05, 3.63) is 65.2 Å². The van der Waals surface area contributed by atoms with Gasteiger partial charge in [-0.05, 0) is 41.8 Å². The maximum absolute atomic E-state index is 13.5. The molecule has 41 heavy (non-hydrogen) atoms. The topological polar surface area (TPSA) is 123 Å². The van der Waals surface area contributed by atoms with Crippen LogP contribution in [0, 0.1) is 0 Å². The molecule has 11 nitrogen and oxygen atoms in total. The number of halogens is 3. The van der Waals surface area contributed by atoms with E-state index in [-0.39, 0.29) is 38.2 Å². The molecule has 0 bridgehead atoms. The first kappa shape index (κ1) is 29.6. The van der Waals surface area contributed by atoms with Crippen molar-refractivity contribution < 1.29 is 42.2 Å². The lowest BCUT2D eigenvalue weighted by Gasteiger charge is -2.54. The third kappa shape index (κ3) is 6.70. The zero-order chi connectivity index (χ0) is 29.9. The van der Waals surface area contributed by atoms with Crippen molar-refractivity contribution in [3.63, 3.8) is 0 Å². The smallest absolute Gasteiger partial charge is 0.416 e. The highest BCUT2D eigenvalue weighted by molar-refractivity contribution is 5.91. The van der Waals surface area contributed by atoms with Gasteiger partial charge in [-0.3, -0.25) is 14.4 Å². The van der Waals surface area contributed by atoms with Gasteiger partial charge in [-0.2, -0.15) is 13.2 Å². The quantitative estimate of drug-likeness (QED) is 0.495. The lowest BCUT2D eigenvalue weighted by molar-refractivity contribution is -0.188. The van der Waals surface area contributed by atoms with Crippen LogP contribution in [0.15, 0.2) is 48.5 Å². The molecule has 2 N–H and O–H groups in total. The lowest BCUT2D eigenvalue weighted by Crippen LogP contribution is -2.75. The molecule has 2 aliphatic rings. The fraction of sp³-hybridized carbons (Fsp3) is 0.407. The molecule has 2 aromatic carbocycles. The third-order valence-electron chi connectivity index (χ3n) is 7.01. The van der Waals surface area contributed by atoms with Crippen molar-refractivity contribution in [2.45, 2.75) is 44.3 Å². The molecule has 4 rings (SSSR count). The van der Waals surface area contributed by atoms with E-state index in [1.54, 1.807) is 24.3 Å². The fourth-order valence-electron chi connectivity index (χ4n) is 5.05. The number of benzene rings is 2. The van der Waals surface area contributed by atoms with E-state index in [4.69, 9.17) is 4.74 Å². The fourth-order valence-corrected chi connectivity index (χ4v) is 5.05. The Balaban J connectivity index is 1.61. The number of carboxylic acid groups (broad SMARTS) is 1. The molecule has 220 valence electrons. The number of fused-ring (bicyclic) bond motifs is 1. The minimum atomic E-state index is -4.58. The molecule has 2 saturated heterocycles. The molecule has 2 aromatic rings. The monoisotopic (exact) mass is 577 g/mol. The van der Waals surface area contributed by atoms with Gasteiger partial charge < -0.3 is 25.0 Å². The van der Waals surface area contributed by atoms with Crippen LogP contribution < -0.4 is 10.1 Å². The van der Waals surface area contributed by atoms with E-state index >= 15 is 0 Å². The highest BCUT2D eigenvalue weighted by atomic mass is 19.4. The molecule has 14 heteroatoms. The standard InChI is InChI=1S/C27H30F3N5O6/c1-32-16-23(36)34-21(10-11-24(37)38)25(39)33(14-18-4-3-5-19(12-18)27(28,29)30)15-22(34)35(32)26(40)31-13-17-6-8-20(41-2)9-7-17/h3-9,12,21-22H,10-11,13-16H2,1-2H3,(H,31,40)(H,37,38)/t21-,22-/m0/s1. The molecular weight excluding hydrogens is 547 g/mol. The van der Waals surface area contributed by atoms with E-state index in [1.807, 2.05) is 0 Å². The molecule has 2 aliphatic heterocycles. The van der Waals surface area contributed by atoms with Gasteiger partial charge in [0, 0.05) is 26.6 Å². The van der Waals surface area contributed by atoms with E-state index in [0.717, 1.165) is 17.7 Å². The van der Waals surface area contributed by atoms with Crippen LogP contribution in [0.2, 0.25) is 0 Å². The second kappa shape index (κ2) is 12.0. The number of hydrogen-bond acceptors (Lipinski definition) is 6. The number of carbonyl (C=O) groups is 4. The predicted molar refractivity (Wildman–Crippen MR) is 138 cm³/mol. The number of piperazine rings is 1. The molecule has 0 saturated carbocycles. The Bertz CT molecular complexity index is 1310. The van der Waals surface area contributed by atoms with Crippen LogP contribution in [-0.2, 0) is 33.6 Å². The van der Waals surface area contributed by atoms with Gasteiger partial charge in [0.15, 0.2) is 0 Å². The summed E-state index contributed by atoms with van der Waals surface area (Å²) in [5.74, 6) is -1.61. The van der Waals surface area contributed by atoms with Crippen LogP contribution in [-0.4, -0.2) is 88.2 Å². The van der Waals surface area contributed by atoms with Gasteiger partial charge in [0.05, 0.1) is 25.8 Å². The van der Waals surface area contributed by atoms with Gasteiger partial charge in [-0.15, -0.1) is 0 Å². The minimum Gasteiger partial charge on any atom is -0.497 e. The normalized spacial score (nSPS) is 19.7. The number of hydrazine groups is 1. The molecule has 0 aliphatic carbocycles. The number of urea groups is 1. The summed E-state index contributed by atoms with van der Waals surface area (Å²) >= 11 is 0. The van der Waals surface area contributed by atoms with Gasteiger partial charge in [0.1, 0.15) is 18.0 Å². The number of methoxy groups -OCH3 is 1. The minimum absolute atomic E-state index is 0.142. The maximum atomic E-state index is 13.5. The van der Waals surface area contributed by atoms with Crippen LogP contribution in [0.3, 0.4) is 0 Å². The molecule has 2 fully saturated rings. The van der Waals surface area contributed by atoms with Gasteiger partial charge in [-0.25, -0.2) is 14.8 Å². The number of amides is 4. The Labute approximate surface area is 234 Å². The van der Waals surface area contributed by atoms with Gasteiger partial charge in [0.25, 0.3) is 0 Å². The summed E-state index contributed by atoms with van der Waals surface area (Å²) < 4.78 is 45.0.